The van der Waals surface area contributed by atoms with Crippen LogP contribution in [-0.4, -0.2) is 32.9 Å². The molecule has 0 aliphatic heterocycles. The van der Waals surface area contributed by atoms with Crippen molar-refractivity contribution < 1.29 is 9.53 Å². The second kappa shape index (κ2) is 6.38. The van der Waals surface area contributed by atoms with Gasteiger partial charge in [0.15, 0.2) is 10.9 Å². The monoisotopic (exact) mass is 277 g/mol. The molecule has 0 N–H and O–H groups in total. The smallest absolute Gasteiger partial charge is 0.357 e. The molecule has 2 aromatic rings. The van der Waals surface area contributed by atoms with E-state index in [-0.39, 0.29) is 5.97 Å². The maximum absolute atomic E-state index is 11.9. The van der Waals surface area contributed by atoms with Crippen LogP contribution in [0.1, 0.15) is 24.3 Å². The highest BCUT2D eigenvalue weighted by molar-refractivity contribution is 7.99. The van der Waals surface area contributed by atoms with Crippen LogP contribution in [0.25, 0.3) is 5.69 Å². The van der Waals surface area contributed by atoms with E-state index >= 15 is 0 Å². The van der Waals surface area contributed by atoms with Crippen molar-refractivity contribution in [1.29, 1.82) is 0 Å². The highest BCUT2D eigenvalue weighted by Gasteiger charge is 2.18. The lowest BCUT2D eigenvalue weighted by atomic mass is 10.4. The van der Waals surface area contributed by atoms with E-state index in [9.17, 15) is 4.79 Å². The summed E-state index contributed by atoms with van der Waals surface area (Å²) in [6.45, 7) is 4.16. The SMILES string of the molecule is CCOC(=O)c1cnc(SCC)n1-c1cccnc1. The molecule has 0 atom stereocenters. The molecule has 100 valence electrons. The summed E-state index contributed by atoms with van der Waals surface area (Å²) < 4.78 is 6.83. The van der Waals surface area contributed by atoms with Gasteiger partial charge in [0.1, 0.15) is 0 Å². The lowest BCUT2D eigenvalue weighted by Gasteiger charge is -2.10. The first-order valence-electron chi connectivity index (χ1n) is 6.06. The molecular weight excluding hydrogens is 262 g/mol. The number of nitrogens with zero attached hydrogens (tertiary/aromatic N) is 3. The summed E-state index contributed by atoms with van der Waals surface area (Å²) in [4.78, 5) is 20.3. The fourth-order valence-electron chi connectivity index (χ4n) is 1.65. The van der Waals surface area contributed by atoms with Gasteiger partial charge in [-0.15, -0.1) is 0 Å². The van der Waals surface area contributed by atoms with Gasteiger partial charge in [0.2, 0.25) is 0 Å². The number of hydrogen-bond acceptors (Lipinski definition) is 5. The minimum atomic E-state index is -0.373. The maximum Gasteiger partial charge on any atom is 0.357 e. The van der Waals surface area contributed by atoms with E-state index in [1.807, 2.05) is 19.1 Å². The number of carbonyl (C=O) groups is 1. The average molecular weight is 277 g/mol. The molecule has 2 heterocycles. The first-order chi connectivity index (χ1) is 9.27. The predicted molar refractivity (Wildman–Crippen MR) is 73.7 cm³/mol. The van der Waals surface area contributed by atoms with Gasteiger partial charge in [-0.1, -0.05) is 18.7 Å². The quantitative estimate of drug-likeness (QED) is 0.621. The number of imidazole rings is 1. The first-order valence-corrected chi connectivity index (χ1v) is 7.04. The van der Waals surface area contributed by atoms with E-state index < -0.39 is 0 Å². The molecule has 0 aliphatic carbocycles. The molecule has 0 saturated heterocycles. The van der Waals surface area contributed by atoms with Crippen LogP contribution in [0.15, 0.2) is 35.9 Å². The Labute approximate surface area is 116 Å². The molecule has 0 spiro atoms. The fraction of sp³-hybridized carbons (Fsp3) is 0.308. The molecule has 0 saturated carbocycles. The highest BCUT2D eigenvalue weighted by Crippen LogP contribution is 2.23. The number of hydrogen-bond donors (Lipinski definition) is 0. The minimum Gasteiger partial charge on any atom is -0.461 e. The van der Waals surface area contributed by atoms with Crippen LogP contribution in [0, 0.1) is 0 Å². The second-order valence-corrected chi connectivity index (χ2v) is 4.86. The molecule has 0 fully saturated rings. The van der Waals surface area contributed by atoms with Gasteiger partial charge in [-0.2, -0.15) is 0 Å². The molecule has 0 radical (unpaired) electrons. The number of carbonyl (C=O) groups excluding carboxylic acids is 1. The van der Waals surface area contributed by atoms with Crippen molar-refractivity contribution in [2.45, 2.75) is 19.0 Å². The molecule has 2 rings (SSSR count). The lowest BCUT2D eigenvalue weighted by molar-refractivity contribution is 0.0516. The number of rotatable bonds is 5. The van der Waals surface area contributed by atoms with Crippen LogP contribution in [0.4, 0.5) is 0 Å². The Bertz CT molecular complexity index is 554. The van der Waals surface area contributed by atoms with Gasteiger partial charge in [-0.3, -0.25) is 9.55 Å². The zero-order chi connectivity index (χ0) is 13.7. The third-order valence-electron chi connectivity index (χ3n) is 2.39. The minimum absolute atomic E-state index is 0.341. The van der Waals surface area contributed by atoms with Crippen LogP contribution < -0.4 is 0 Å². The van der Waals surface area contributed by atoms with E-state index in [0.29, 0.717) is 12.3 Å². The Morgan fingerprint density at radius 1 is 1.42 bits per heavy atom. The first kappa shape index (κ1) is 13.6. The number of ether oxygens (including phenoxy) is 1. The number of pyridine rings is 1. The van der Waals surface area contributed by atoms with Crippen molar-refractivity contribution in [3.05, 3.63) is 36.4 Å². The van der Waals surface area contributed by atoms with E-state index in [1.165, 1.54) is 0 Å². The molecule has 0 aromatic carbocycles. The van der Waals surface area contributed by atoms with Crippen LogP contribution in [0.2, 0.25) is 0 Å². The van der Waals surface area contributed by atoms with Gasteiger partial charge in [0.05, 0.1) is 24.7 Å². The molecule has 6 heteroatoms. The van der Waals surface area contributed by atoms with Gasteiger partial charge >= 0.3 is 5.97 Å². The summed E-state index contributed by atoms with van der Waals surface area (Å²) in [6, 6.07) is 3.71. The van der Waals surface area contributed by atoms with E-state index in [0.717, 1.165) is 16.6 Å². The Kier molecular flexibility index (Phi) is 4.57. The molecular formula is C13H15N3O2S. The van der Waals surface area contributed by atoms with Crippen molar-refractivity contribution >= 4 is 17.7 Å². The number of esters is 1. The van der Waals surface area contributed by atoms with Crippen LogP contribution in [0.3, 0.4) is 0 Å². The van der Waals surface area contributed by atoms with Crippen molar-refractivity contribution in [2.24, 2.45) is 0 Å². The van der Waals surface area contributed by atoms with Gasteiger partial charge in [0.25, 0.3) is 0 Å². The zero-order valence-corrected chi connectivity index (χ0v) is 11.7. The summed E-state index contributed by atoms with van der Waals surface area (Å²) in [5.74, 6) is 0.501. The van der Waals surface area contributed by atoms with Crippen LogP contribution >= 0.6 is 11.8 Å². The summed E-state index contributed by atoms with van der Waals surface area (Å²) >= 11 is 1.57. The van der Waals surface area contributed by atoms with Gasteiger partial charge < -0.3 is 4.74 Å². The topological polar surface area (TPSA) is 57.0 Å². The standard InChI is InChI=1S/C13H15N3O2S/c1-3-18-12(17)11-9-15-13(19-4-2)16(11)10-6-5-7-14-8-10/h5-9H,3-4H2,1-2H3. The molecule has 0 aliphatic rings. The summed E-state index contributed by atoms with van der Waals surface area (Å²) in [6.07, 6.45) is 4.93. The Balaban J connectivity index is 2.48. The summed E-state index contributed by atoms with van der Waals surface area (Å²) in [7, 11) is 0. The van der Waals surface area contributed by atoms with Crippen molar-refractivity contribution in [3.63, 3.8) is 0 Å². The van der Waals surface area contributed by atoms with Crippen molar-refractivity contribution in [1.82, 2.24) is 14.5 Å². The van der Waals surface area contributed by atoms with Crippen LogP contribution in [-0.2, 0) is 4.74 Å². The molecule has 0 unspecified atom stereocenters. The van der Waals surface area contributed by atoms with Crippen molar-refractivity contribution in [3.8, 4) is 5.69 Å². The molecule has 2 aromatic heterocycles. The fourth-order valence-corrected chi connectivity index (χ4v) is 2.37. The maximum atomic E-state index is 11.9. The Morgan fingerprint density at radius 3 is 2.89 bits per heavy atom. The van der Waals surface area contributed by atoms with E-state index in [2.05, 4.69) is 9.97 Å². The Hall–Kier alpha value is -1.82. The molecule has 0 bridgehead atoms. The highest BCUT2D eigenvalue weighted by atomic mass is 32.2. The largest absolute Gasteiger partial charge is 0.461 e. The van der Waals surface area contributed by atoms with Crippen molar-refractivity contribution in [2.75, 3.05) is 12.4 Å². The zero-order valence-electron chi connectivity index (χ0n) is 10.9. The van der Waals surface area contributed by atoms with Gasteiger partial charge in [-0.05, 0) is 24.8 Å². The third kappa shape index (κ3) is 2.96. The van der Waals surface area contributed by atoms with Gasteiger partial charge in [0, 0.05) is 6.20 Å². The second-order valence-electron chi connectivity index (χ2n) is 3.63. The Morgan fingerprint density at radius 2 is 2.26 bits per heavy atom. The van der Waals surface area contributed by atoms with Crippen LogP contribution in [0.5, 0.6) is 0 Å². The average Bonchev–Trinajstić information content (AvgIpc) is 2.84. The molecule has 19 heavy (non-hydrogen) atoms. The number of aromatic nitrogens is 3. The lowest BCUT2D eigenvalue weighted by Crippen LogP contribution is -2.11. The molecule has 5 nitrogen and oxygen atoms in total. The summed E-state index contributed by atoms with van der Waals surface area (Å²) in [5, 5.41) is 0.763. The third-order valence-corrected chi connectivity index (χ3v) is 3.23. The number of thioether (sulfide) groups is 1. The predicted octanol–water partition coefficient (Wildman–Crippen LogP) is 2.56. The normalized spacial score (nSPS) is 10.4. The summed E-state index contributed by atoms with van der Waals surface area (Å²) in [5.41, 5.74) is 1.23. The molecule has 0 amide bonds. The van der Waals surface area contributed by atoms with E-state index in [4.69, 9.17) is 4.74 Å². The van der Waals surface area contributed by atoms with Gasteiger partial charge in [-0.25, -0.2) is 9.78 Å². The van der Waals surface area contributed by atoms with E-state index in [1.54, 1.807) is 41.8 Å².